The number of halogens is 6. The third-order valence-electron chi connectivity index (χ3n) is 5.80. The number of nitrogens with one attached hydrogen (secondary N) is 2. The third-order valence-corrected chi connectivity index (χ3v) is 6.07. The van der Waals surface area contributed by atoms with E-state index in [9.17, 15) is 37.0 Å². The number of anilines is 1. The fourth-order valence-electron chi connectivity index (χ4n) is 4.32. The van der Waals surface area contributed by atoms with Crippen molar-refractivity contribution in [2.24, 2.45) is 0 Å². The summed E-state index contributed by atoms with van der Waals surface area (Å²) in [6, 6.07) is 3.36. The highest BCUT2D eigenvalue weighted by atomic mass is 35.5. The molecule has 0 fully saturated rings. The molecule has 3 atom stereocenters. The molecule has 0 bridgehead atoms. The van der Waals surface area contributed by atoms with Crippen LogP contribution in [0.15, 0.2) is 35.1 Å². The topological polar surface area (TPSA) is 85.4 Å². The molecule has 1 aromatic heterocycles. The largest absolute Gasteiger partial charge is 0.505 e. The zero-order valence-electron chi connectivity index (χ0n) is 16.3. The Morgan fingerprint density at radius 2 is 1.91 bits per heavy atom. The first-order valence-corrected chi connectivity index (χ1v) is 9.81. The Morgan fingerprint density at radius 3 is 2.56 bits per heavy atom. The number of aromatic amines is 1. The third kappa shape index (κ3) is 3.29. The van der Waals surface area contributed by atoms with Crippen molar-refractivity contribution in [1.82, 2.24) is 4.98 Å². The molecule has 1 unspecified atom stereocenters. The van der Waals surface area contributed by atoms with Crippen LogP contribution in [-0.4, -0.2) is 27.0 Å². The van der Waals surface area contributed by atoms with Crippen LogP contribution in [0.2, 0.25) is 5.02 Å². The molecule has 4 rings (SSSR count). The van der Waals surface area contributed by atoms with Gasteiger partial charge in [-0.3, -0.25) is 4.79 Å². The molecule has 0 aliphatic heterocycles. The summed E-state index contributed by atoms with van der Waals surface area (Å²) in [6.45, 7) is 1.32. The number of benzene rings is 2. The molecule has 5 nitrogen and oxygen atoms in total. The van der Waals surface area contributed by atoms with Crippen molar-refractivity contribution in [3.05, 3.63) is 68.5 Å². The van der Waals surface area contributed by atoms with E-state index in [0.29, 0.717) is 0 Å². The van der Waals surface area contributed by atoms with Gasteiger partial charge in [-0.1, -0.05) is 18.5 Å². The molecular formula is C21H16ClF5N2O3. The summed E-state index contributed by atoms with van der Waals surface area (Å²) in [5.41, 5.74) is -4.62. The average Bonchev–Trinajstić information content (AvgIpc) is 2.69. The first kappa shape index (κ1) is 22.3. The molecule has 1 aliphatic rings. The van der Waals surface area contributed by atoms with Crippen LogP contribution in [0, 0.1) is 11.6 Å². The lowest BCUT2D eigenvalue weighted by Crippen LogP contribution is -2.55. The van der Waals surface area contributed by atoms with Crippen molar-refractivity contribution in [1.29, 1.82) is 0 Å². The van der Waals surface area contributed by atoms with E-state index in [4.69, 9.17) is 11.6 Å². The molecule has 0 spiro atoms. The highest BCUT2D eigenvalue weighted by Crippen LogP contribution is 2.55. The summed E-state index contributed by atoms with van der Waals surface area (Å²) < 4.78 is 70.7. The smallest absolute Gasteiger partial charge is 0.419 e. The van der Waals surface area contributed by atoms with Gasteiger partial charge >= 0.3 is 6.18 Å². The fourth-order valence-corrected chi connectivity index (χ4v) is 4.53. The number of aromatic hydroxyl groups is 1. The Morgan fingerprint density at radius 1 is 1.22 bits per heavy atom. The van der Waals surface area contributed by atoms with E-state index in [0.717, 1.165) is 24.3 Å². The van der Waals surface area contributed by atoms with Gasteiger partial charge in [0.15, 0.2) is 17.2 Å². The van der Waals surface area contributed by atoms with Crippen LogP contribution < -0.4 is 10.9 Å². The normalized spacial score (nSPS) is 23.2. The summed E-state index contributed by atoms with van der Waals surface area (Å²) in [5.74, 6) is -3.96. The molecule has 170 valence electrons. The van der Waals surface area contributed by atoms with Crippen LogP contribution in [0.5, 0.6) is 5.75 Å². The van der Waals surface area contributed by atoms with E-state index in [2.05, 4.69) is 10.3 Å². The van der Waals surface area contributed by atoms with Gasteiger partial charge in [-0.05, 0) is 42.2 Å². The number of phenolic OH excluding ortho intramolecular Hbond substituents is 1. The van der Waals surface area contributed by atoms with Crippen molar-refractivity contribution < 1.29 is 32.2 Å². The van der Waals surface area contributed by atoms with Crippen LogP contribution in [0.4, 0.5) is 27.6 Å². The van der Waals surface area contributed by atoms with Gasteiger partial charge in [-0.25, -0.2) is 8.78 Å². The Hall–Kier alpha value is -2.85. The maximum Gasteiger partial charge on any atom is 0.419 e. The number of hydrogen-bond acceptors (Lipinski definition) is 4. The number of fused-ring (bicyclic) bond motifs is 2. The number of alkyl halides is 3. The molecule has 0 amide bonds. The van der Waals surface area contributed by atoms with E-state index in [1.54, 1.807) is 0 Å². The lowest BCUT2D eigenvalue weighted by molar-refractivity contribution is -0.272. The number of H-pyrrole nitrogens is 1. The lowest BCUT2D eigenvalue weighted by atomic mass is 9.70. The molecule has 1 heterocycles. The number of phenols is 1. The monoisotopic (exact) mass is 474 g/mol. The summed E-state index contributed by atoms with van der Waals surface area (Å²) >= 11 is 5.79. The second-order valence-corrected chi connectivity index (χ2v) is 8.24. The Kier molecular flexibility index (Phi) is 5.13. The van der Waals surface area contributed by atoms with Crippen LogP contribution in [-0.2, 0) is 0 Å². The van der Waals surface area contributed by atoms with Crippen molar-refractivity contribution >= 4 is 28.2 Å². The lowest BCUT2D eigenvalue weighted by Gasteiger charge is -2.45. The summed E-state index contributed by atoms with van der Waals surface area (Å²) in [5, 5.41) is 23.1. The molecule has 0 saturated carbocycles. The van der Waals surface area contributed by atoms with E-state index >= 15 is 0 Å². The predicted octanol–water partition coefficient (Wildman–Crippen LogP) is 5.12. The van der Waals surface area contributed by atoms with Crippen molar-refractivity contribution in [2.75, 3.05) is 5.32 Å². The standard InChI is InChI=1S/C21H16ClF5N2O3/c1-8-7-20(32,21(25,26)27)19(10-6-11(22)16(24)18(31)15(8)10)28-13-4-3-12(23)17-9(13)2-5-14(30)29-17/h2-6,8,19,28,31-32H,7H2,1H3,(H,29,30)/t8-,19?,20-/m1/s1. The van der Waals surface area contributed by atoms with E-state index in [-0.39, 0.29) is 27.7 Å². The van der Waals surface area contributed by atoms with Crippen molar-refractivity contribution in [3.63, 3.8) is 0 Å². The second kappa shape index (κ2) is 7.35. The zero-order chi connectivity index (χ0) is 23.6. The predicted molar refractivity (Wildman–Crippen MR) is 108 cm³/mol. The molecule has 1 aliphatic carbocycles. The average molecular weight is 475 g/mol. The number of pyridine rings is 1. The van der Waals surface area contributed by atoms with E-state index in [1.165, 1.54) is 13.0 Å². The maximum atomic E-state index is 14.2. The van der Waals surface area contributed by atoms with Crippen LogP contribution in [0.1, 0.15) is 36.4 Å². The zero-order valence-corrected chi connectivity index (χ0v) is 17.1. The minimum atomic E-state index is -5.13. The van der Waals surface area contributed by atoms with E-state index in [1.807, 2.05) is 0 Å². The highest BCUT2D eigenvalue weighted by molar-refractivity contribution is 6.31. The minimum Gasteiger partial charge on any atom is -0.505 e. The molecule has 3 aromatic rings. The van der Waals surface area contributed by atoms with Crippen molar-refractivity contribution in [3.8, 4) is 5.75 Å². The molecule has 0 saturated heterocycles. The summed E-state index contributed by atoms with van der Waals surface area (Å²) in [4.78, 5) is 13.8. The number of hydrogen-bond donors (Lipinski definition) is 4. The van der Waals surface area contributed by atoms with Crippen LogP contribution in [0.25, 0.3) is 10.9 Å². The Bertz CT molecular complexity index is 1290. The molecular weight excluding hydrogens is 459 g/mol. The minimum absolute atomic E-state index is 0.0363. The van der Waals surface area contributed by atoms with Gasteiger partial charge in [0.25, 0.3) is 0 Å². The quantitative estimate of drug-likeness (QED) is 0.388. The van der Waals surface area contributed by atoms with Crippen molar-refractivity contribution in [2.45, 2.75) is 37.1 Å². The van der Waals surface area contributed by atoms with Gasteiger partial charge in [0.1, 0.15) is 5.82 Å². The van der Waals surface area contributed by atoms with Gasteiger partial charge in [-0.15, -0.1) is 0 Å². The molecule has 0 radical (unpaired) electrons. The highest BCUT2D eigenvalue weighted by Gasteiger charge is 2.62. The molecule has 11 heteroatoms. The Balaban J connectivity index is 1.97. The van der Waals surface area contributed by atoms with Gasteiger partial charge in [0.05, 0.1) is 16.6 Å². The number of rotatable bonds is 2. The van der Waals surface area contributed by atoms with Crippen LogP contribution in [0.3, 0.4) is 0 Å². The Labute approximate surface area is 182 Å². The van der Waals surface area contributed by atoms with Crippen LogP contribution >= 0.6 is 11.6 Å². The first-order valence-electron chi connectivity index (χ1n) is 9.43. The van der Waals surface area contributed by atoms with Gasteiger partial charge in [0.2, 0.25) is 5.56 Å². The van der Waals surface area contributed by atoms with Gasteiger partial charge < -0.3 is 20.5 Å². The van der Waals surface area contributed by atoms with Gasteiger partial charge in [-0.2, -0.15) is 13.2 Å². The first-order chi connectivity index (χ1) is 14.8. The summed E-state index contributed by atoms with van der Waals surface area (Å²) in [6.07, 6.45) is -6.01. The number of aromatic nitrogens is 1. The molecule has 2 aromatic carbocycles. The second-order valence-electron chi connectivity index (χ2n) is 7.83. The van der Waals surface area contributed by atoms with E-state index < -0.39 is 58.1 Å². The molecule has 4 N–H and O–H groups in total. The van der Waals surface area contributed by atoms with Gasteiger partial charge in [0, 0.05) is 22.7 Å². The maximum absolute atomic E-state index is 14.2. The number of aliphatic hydroxyl groups is 1. The summed E-state index contributed by atoms with van der Waals surface area (Å²) in [7, 11) is 0. The fraction of sp³-hybridized carbons (Fsp3) is 0.286. The molecule has 32 heavy (non-hydrogen) atoms. The SMILES string of the molecule is C[C@@H]1C[C@](O)(C(F)(F)F)C(Nc2ccc(F)c3[nH]c(=O)ccc23)c2cc(Cl)c(F)c(O)c21.